The second-order valence-electron chi connectivity index (χ2n) is 6.78. The number of rotatable bonds is 8. The lowest BCUT2D eigenvalue weighted by Crippen LogP contribution is -2.09. The highest BCUT2D eigenvalue weighted by Crippen LogP contribution is 2.26. The van der Waals surface area contributed by atoms with Gasteiger partial charge in [0.25, 0.3) is 0 Å². The van der Waals surface area contributed by atoms with Crippen LogP contribution in [0.3, 0.4) is 0 Å². The lowest BCUT2D eigenvalue weighted by atomic mass is 10.1. The van der Waals surface area contributed by atoms with Crippen molar-refractivity contribution in [3.63, 3.8) is 0 Å². The van der Waals surface area contributed by atoms with E-state index in [1.165, 1.54) is 11.8 Å². The van der Waals surface area contributed by atoms with E-state index in [-0.39, 0.29) is 5.78 Å². The van der Waals surface area contributed by atoms with Gasteiger partial charge in [-0.3, -0.25) is 9.36 Å². The van der Waals surface area contributed by atoms with Crippen LogP contribution in [0.5, 0.6) is 0 Å². The first-order chi connectivity index (χ1) is 14.2. The van der Waals surface area contributed by atoms with Crippen LogP contribution in [0.15, 0.2) is 59.9 Å². The van der Waals surface area contributed by atoms with Gasteiger partial charge >= 0.3 is 0 Å². The van der Waals surface area contributed by atoms with Gasteiger partial charge in [0.1, 0.15) is 0 Å². The Morgan fingerprint density at radius 2 is 2.03 bits per heavy atom. The third-order valence-electron chi connectivity index (χ3n) is 4.73. The number of fused-ring (bicyclic) bond motifs is 1. The summed E-state index contributed by atoms with van der Waals surface area (Å²) in [6.07, 6.45) is 1.78. The SMILES string of the molecule is COCCn1c(SCC(=O)c2c[nH]c3ccccc23)nnc1-c1cccc(C)c1. The fourth-order valence-electron chi connectivity index (χ4n) is 3.29. The fourth-order valence-corrected chi connectivity index (χ4v) is 4.14. The summed E-state index contributed by atoms with van der Waals surface area (Å²) in [5.74, 6) is 1.14. The number of aromatic amines is 1. The molecule has 2 aromatic carbocycles. The van der Waals surface area contributed by atoms with Crippen molar-refractivity contribution in [1.82, 2.24) is 19.7 Å². The molecular formula is C22H22N4O2S. The summed E-state index contributed by atoms with van der Waals surface area (Å²) in [6, 6.07) is 16.0. The van der Waals surface area contributed by atoms with Crippen LogP contribution in [0.1, 0.15) is 15.9 Å². The zero-order valence-corrected chi connectivity index (χ0v) is 17.2. The van der Waals surface area contributed by atoms with Crippen molar-refractivity contribution >= 4 is 28.4 Å². The highest BCUT2D eigenvalue weighted by molar-refractivity contribution is 7.99. The molecule has 0 aliphatic rings. The lowest BCUT2D eigenvalue weighted by Gasteiger charge is -2.10. The highest BCUT2D eigenvalue weighted by Gasteiger charge is 2.17. The largest absolute Gasteiger partial charge is 0.383 e. The molecule has 2 aromatic heterocycles. The smallest absolute Gasteiger partial charge is 0.192 e. The van der Waals surface area contributed by atoms with E-state index in [1.807, 2.05) is 41.0 Å². The van der Waals surface area contributed by atoms with Gasteiger partial charge in [-0.1, -0.05) is 53.7 Å². The van der Waals surface area contributed by atoms with Crippen molar-refractivity contribution in [2.75, 3.05) is 19.5 Å². The number of hydrogen-bond acceptors (Lipinski definition) is 5. The number of nitrogens with zero attached hydrogens (tertiary/aromatic N) is 3. The van der Waals surface area contributed by atoms with Gasteiger partial charge in [0.2, 0.25) is 0 Å². The minimum absolute atomic E-state index is 0.0610. The summed E-state index contributed by atoms with van der Waals surface area (Å²) >= 11 is 1.40. The number of methoxy groups -OCH3 is 1. The molecule has 4 rings (SSSR count). The predicted octanol–water partition coefficient (Wildman–Crippen LogP) is 4.36. The second kappa shape index (κ2) is 8.63. The van der Waals surface area contributed by atoms with Crippen LogP contribution in [0.4, 0.5) is 0 Å². The van der Waals surface area contributed by atoms with Crippen molar-refractivity contribution in [2.45, 2.75) is 18.6 Å². The Kier molecular flexibility index (Phi) is 5.78. The molecule has 0 atom stereocenters. The van der Waals surface area contributed by atoms with Gasteiger partial charge in [-0.25, -0.2) is 0 Å². The topological polar surface area (TPSA) is 72.8 Å². The summed E-state index contributed by atoms with van der Waals surface area (Å²) < 4.78 is 7.28. The molecule has 0 amide bonds. The Balaban J connectivity index is 1.57. The van der Waals surface area contributed by atoms with Crippen molar-refractivity contribution in [3.05, 3.63) is 65.9 Å². The zero-order chi connectivity index (χ0) is 20.2. The molecule has 4 aromatic rings. The summed E-state index contributed by atoms with van der Waals surface area (Å²) in [4.78, 5) is 16.0. The molecule has 29 heavy (non-hydrogen) atoms. The average Bonchev–Trinajstić information content (AvgIpc) is 3.34. The van der Waals surface area contributed by atoms with Gasteiger partial charge in [-0.2, -0.15) is 0 Å². The quantitative estimate of drug-likeness (QED) is 0.348. The van der Waals surface area contributed by atoms with Crippen LogP contribution in [0.2, 0.25) is 0 Å². The minimum atomic E-state index is 0.0610. The third kappa shape index (κ3) is 4.11. The Bertz CT molecular complexity index is 1150. The number of carbonyl (C=O) groups excluding carboxylic acids is 1. The standard InChI is InChI=1S/C22H22N4O2S/c1-15-6-5-7-16(12-15)21-24-25-22(26(21)10-11-28-2)29-14-20(27)18-13-23-19-9-4-3-8-17(18)19/h3-9,12-13,23H,10-11,14H2,1-2H3. The first-order valence-electron chi connectivity index (χ1n) is 9.38. The van der Waals surface area contributed by atoms with E-state index in [0.717, 1.165) is 27.9 Å². The van der Waals surface area contributed by atoms with Gasteiger partial charge in [-0.15, -0.1) is 10.2 Å². The number of hydrogen-bond donors (Lipinski definition) is 1. The number of ketones is 1. The van der Waals surface area contributed by atoms with Gasteiger partial charge in [0.15, 0.2) is 16.8 Å². The van der Waals surface area contributed by atoms with Gasteiger partial charge in [0.05, 0.1) is 18.9 Å². The molecule has 6 nitrogen and oxygen atoms in total. The first-order valence-corrected chi connectivity index (χ1v) is 10.4. The zero-order valence-electron chi connectivity index (χ0n) is 16.4. The molecule has 0 aliphatic carbocycles. The molecule has 1 N–H and O–H groups in total. The van der Waals surface area contributed by atoms with Crippen LogP contribution < -0.4 is 0 Å². The van der Waals surface area contributed by atoms with E-state index < -0.39 is 0 Å². The molecule has 0 fully saturated rings. The molecule has 148 valence electrons. The summed E-state index contributed by atoms with van der Waals surface area (Å²) in [5.41, 5.74) is 3.83. The Hall–Kier alpha value is -2.90. The molecule has 0 radical (unpaired) electrons. The number of benzene rings is 2. The Morgan fingerprint density at radius 1 is 1.17 bits per heavy atom. The summed E-state index contributed by atoms with van der Waals surface area (Å²) in [5, 5.41) is 10.4. The monoisotopic (exact) mass is 406 g/mol. The number of ether oxygens (including phenoxy) is 1. The third-order valence-corrected chi connectivity index (χ3v) is 5.70. The molecular weight excluding hydrogens is 384 g/mol. The van der Waals surface area contributed by atoms with E-state index in [0.29, 0.717) is 29.6 Å². The first kappa shape index (κ1) is 19.4. The maximum atomic E-state index is 12.8. The normalized spacial score (nSPS) is 11.2. The number of aromatic nitrogens is 4. The minimum Gasteiger partial charge on any atom is -0.383 e. The van der Waals surface area contributed by atoms with Crippen molar-refractivity contribution in [1.29, 1.82) is 0 Å². The second-order valence-corrected chi connectivity index (χ2v) is 7.72. The van der Waals surface area contributed by atoms with E-state index in [9.17, 15) is 4.79 Å². The van der Waals surface area contributed by atoms with E-state index in [2.05, 4.69) is 34.2 Å². The summed E-state index contributed by atoms with van der Waals surface area (Å²) in [7, 11) is 1.67. The van der Waals surface area contributed by atoms with Crippen molar-refractivity contribution < 1.29 is 9.53 Å². The van der Waals surface area contributed by atoms with Crippen LogP contribution in [0, 0.1) is 6.92 Å². The van der Waals surface area contributed by atoms with Crippen molar-refractivity contribution in [2.24, 2.45) is 0 Å². The number of para-hydroxylation sites is 1. The van der Waals surface area contributed by atoms with E-state index >= 15 is 0 Å². The van der Waals surface area contributed by atoms with Crippen molar-refractivity contribution in [3.8, 4) is 11.4 Å². The molecule has 0 saturated carbocycles. The number of aryl methyl sites for hydroxylation is 1. The molecule has 0 unspecified atom stereocenters. The van der Waals surface area contributed by atoms with Crippen LogP contribution in [0.25, 0.3) is 22.3 Å². The number of H-pyrrole nitrogens is 1. The predicted molar refractivity (Wildman–Crippen MR) is 115 cm³/mol. The number of thioether (sulfide) groups is 1. The molecule has 0 aliphatic heterocycles. The summed E-state index contributed by atoms with van der Waals surface area (Å²) in [6.45, 7) is 3.21. The van der Waals surface area contributed by atoms with Gasteiger partial charge in [-0.05, 0) is 19.1 Å². The molecule has 2 heterocycles. The average molecular weight is 407 g/mol. The highest BCUT2D eigenvalue weighted by atomic mass is 32.2. The lowest BCUT2D eigenvalue weighted by molar-refractivity contribution is 0.102. The maximum Gasteiger partial charge on any atom is 0.192 e. The number of Topliss-reactive ketones (excluding diaryl/α,β-unsaturated/α-hetero) is 1. The number of nitrogens with one attached hydrogen (secondary N) is 1. The van der Waals surface area contributed by atoms with Gasteiger partial charge in [0, 0.05) is 35.3 Å². The Morgan fingerprint density at radius 3 is 2.86 bits per heavy atom. The van der Waals surface area contributed by atoms with Crippen LogP contribution >= 0.6 is 11.8 Å². The van der Waals surface area contributed by atoms with Gasteiger partial charge < -0.3 is 9.72 Å². The molecule has 7 heteroatoms. The molecule has 0 saturated heterocycles. The molecule has 0 spiro atoms. The maximum absolute atomic E-state index is 12.8. The van der Waals surface area contributed by atoms with E-state index in [1.54, 1.807) is 13.3 Å². The van der Waals surface area contributed by atoms with Crippen LogP contribution in [-0.2, 0) is 11.3 Å². The Labute approximate surface area is 173 Å². The molecule has 0 bridgehead atoms. The van der Waals surface area contributed by atoms with Crippen LogP contribution in [-0.4, -0.2) is 45.0 Å². The number of carbonyl (C=O) groups is 1. The van der Waals surface area contributed by atoms with E-state index in [4.69, 9.17) is 4.74 Å². The fraction of sp³-hybridized carbons (Fsp3) is 0.227.